The highest BCUT2D eigenvalue weighted by Crippen LogP contribution is 2.06. The Hall–Kier alpha value is -1.96. The lowest BCUT2D eigenvalue weighted by molar-refractivity contribution is -0.148. The molecule has 0 bridgehead atoms. The normalized spacial score (nSPS) is 21.5. The second-order valence-corrected chi connectivity index (χ2v) is 4.29. The molecular weight excluding hydrogens is 254 g/mol. The minimum absolute atomic E-state index is 0.0139. The summed E-state index contributed by atoms with van der Waals surface area (Å²) in [5.41, 5.74) is 0. The number of nitrogens with one attached hydrogen (secondary N) is 2. The summed E-state index contributed by atoms with van der Waals surface area (Å²) >= 11 is 0. The standard InChI is InChI=1S/C11H17N3O5/c1-6-10(17)13-9(16)5-14(6)4-8(11(18)19-3)12-7(2)15/h6,8H,4-5H2,1-3H3,(H,12,15)(H,13,16,17). The Morgan fingerprint density at radius 2 is 2.16 bits per heavy atom. The summed E-state index contributed by atoms with van der Waals surface area (Å²) in [5.74, 6) is -1.88. The van der Waals surface area contributed by atoms with Crippen LogP contribution in [0, 0.1) is 0 Å². The van der Waals surface area contributed by atoms with E-state index < -0.39 is 35.8 Å². The van der Waals surface area contributed by atoms with Crippen molar-refractivity contribution in [1.82, 2.24) is 15.5 Å². The topological polar surface area (TPSA) is 105 Å². The minimum Gasteiger partial charge on any atom is -0.467 e. The molecule has 0 radical (unpaired) electrons. The minimum atomic E-state index is -0.913. The maximum Gasteiger partial charge on any atom is 0.329 e. The average molecular weight is 271 g/mol. The number of hydrogen-bond donors (Lipinski definition) is 2. The van der Waals surface area contributed by atoms with Crippen LogP contribution >= 0.6 is 0 Å². The van der Waals surface area contributed by atoms with Crippen molar-refractivity contribution in [3.05, 3.63) is 0 Å². The SMILES string of the molecule is COC(=O)C(CN1CC(=O)NC(=O)C1C)NC(C)=O. The van der Waals surface area contributed by atoms with Gasteiger partial charge in [0.1, 0.15) is 6.04 Å². The van der Waals surface area contributed by atoms with Crippen molar-refractivity contribution in [3.8, 4) is 0 Å². The lowest BCUT2D eigenvalue weighted by Crippen LogP contribution is -2.60. The molecule has 0 spiro atoms. The molecule has 0 aromatic carbocycles. The van der Waals surface area contributed by atoms with Crippen molar-refractivity contribution in [1.29, 1.82) is 0 Å². The third-order valence-corrected chi connectivity index (χ3v) is 2.82. The first-order valence-corrected chi connectivity index (χ1v) is 5.77. The molecule has 8 nitrogen and oxygen atoms in total. The Morgan fingerprint density at radius 1 is 1.53 bits per heavy atom. The van der Waals surface area contributed by atoms with Crippen LogP contribution in [0.2, 0.25) is 0 Å². The van der Waals surface area contributed by atoms with E-state index in [0.717, 1.165) is 0 Å². The van der Waals surface area contributed by atoms with Gasteiger partial charge in [-0.25, -0.2) is 4.79 Å². The van der Waals surface area contributed by atoms with Gasteiger partial charge in [0, 0.05) is 13.5 Å². The van der Waals surface area contributed by atoms with Gasteiger partial charge in [0.2, 0.25) is 17.7 Å². The fraction of sp³-hybridized carbons (Fsp3) is 0.636. The van der Waals surface area contributed by atoms with E-state index in [4.69, 9.17) is 0 Å². The third kappa shape index (κ3) is 4.02. The van der Waals surface area contributed by atoms with Crippen LogP contribution in [-0.2, 0) is 23.9 Å². The van der Waals surface area contributed by atoms with Gasteiger partial charge in [-0.3, -0.25) is 24.6 Å². The molecule has 3 amide bonds. The zero-order chi connectivity index (χ0) is 14.6. The number of carbonyl (C=O) groups excluding carboxylic acids is 4. The van der Waals surface area contributed by atoms with E-state index in [1.54, 1.807) is 6.92 Å². The molecule has 1 fully saturated rings. The molecule has 2 unspecified atom stereocenters. The number of rotatable bonds is 4. The number of ether oxygens (including phenoxy) is 1. The molecule has 1 rings (SSSR count). The summed E-state index contributed by atoms with van der Waals surface area (Å²) in [6.07, 6.45) is 0. The first-order valence-electron chi connectivity index (χ1n) is 5.77. The van der Waals surface area contributed by atoms with Gasteiger partial charge in [0.25, 0.3) is 0 Å². The van der Waals surface area contributed by atoms with Gasteiger partial charge in [0.05, 0.1) is 19.7 Å². The zero-order valence-corrected chi connectivity index (χ0v) is 11.1. The number of methoxy groups -OCH3 is 1. The molecule has 1 aliphatic rings. The number of amides is 3. The van der Waals surface area contributed by atoms with Crippen molar-refractivity contribution in [2.24, 2.45) is 0 Å². The summed E-state index contributed by atoms with van der Waals surface area (Å²) in [6.45, 7) is 2.91. The average Bonchev–Trinajstić information content (AvgIpc) is 2.32. The van der Waals surface area contributed by atoms with E-state index in [-0.39, 0.29) is 13.1 Å². The molecule has 1 aliphatic heterocycles. The highest BCUT2D eigenvalue weighted by Gasteiger charge is 2.33. The zero-order valence-electron chi connectivity index (χ0n) is 11.1. The highest BCUT2D eigenvalue weighted by atomic mass is 16.5. The van der Waals surface area contributed by atoms with Crippen LogP contribution in [0.15, 0.2) is 0 Å². The number of imide groups is 1. The Balaban J connectivity index is 2.76. The molecular formula is C11H17N3O5. The first kappa shape index (κ1) is 15.1. The first-order chi connectivity index (χ1) is 8.85. The van der Waals surface area contributed by atoms with E-state index >= 15 is 0 Å². The van der Waals surface area contributed by atoms with Crippen LogP contribution in [0.4, 0.5) is 0 Å². The molecule has 0 aromatic heterocycles. The van der Waals surface area contributed by atoms with Gasteiger partial charge in [-0.05, 0) is 6.92 Å². The third-order valence-electron chi connectivity index (χ3n) is 2.82. The van der Waals surface area contributed by atoms with Crippen molar-refractivity contribution < 1.29 is 23.9 Å². The Bertz CT molecular complexity index is 409. The van der Waals surface area contributed by atoms with Crippen molar-refractivity contribution in [2.75, 3.05) is 20.2 Å². The van der Waals surface area contributed by atoms with Crippen molar-refractivity contribution in [2.45, 2.75) is 25.9 Å². The molecule has 1 heterocycles. The van der Waals surface area contributed by atoms with Gasteiger partial charge < -0.3 is 10.1 Å². The largest absolute Gasteiger partial charge is 0.467 e. The fourth-order valence-corrected chi connectivity index (χ4v) is 1.79. The second-order valence-electron chi connectivity index (χ2n) is 4.29. The molecule has 0 saturated carbocycles. The van der Waals surface area contributed by atoms with Crippen LogP contribution in [0.1, 0.15) is 13.8 Å². The monoisotopic (exact) mass is 271 g/mol. The molecule has 8 heteroatoms. The fourth-order valence-electron chi connectivity index (χ4n) is 1.79. The number of carbonyl (C=O) groups is 4. The molecule has 0 aromatic rings. The Morgan fingerprint density at radius 3 is 2.68 bits per heavy atom. The number of piperazine rings is 1. The summed E-state index contributed by atoms with van der Waals surface area (Å²) in [5, 5.41) is 4.62. The maximum absolute atomic E-state index is 11.5. The second kappa shape index (κ2) is 6.28. The molecule has 0 aliphatic carbocycles. The van der Waals surface area contributed by atoms with Crippen molar-refractivity contribution >= 4 is 23.7 Å². The Labute approximate surface area is 110 Å². The molecule has 2 atom stereocenters. The summed E-state index contributed by atoms with van der Waals surface area (Å²) in [6, 6.07) is -1.47. The van der Waals surface area contributed by atoms with E-state index in [1.165, 1.54) is 18.9 Å². The van der Waals surface area contributed by atoms with Crippen LogP contribution in [0.3, 0.4) is 0 Å². The van der Waals surface area contributed by atoms with Gasteiger partial charge in [-0.2, -0.15) is 0 Å². The van der Waals surface area contributed by atoms with E-state index in [0.29, 0.717) is 0 Å². The Kier molecular flexibility index (Phi) is 4.99. The van der Waals surface area contributed by atoms with Gasteiger partial charge in [-0.1, -0.05) is 0 Å². The van der Waals surface area contributed by atoms with E-state index in [9.17, 15) is 19.2 Å². The van der Waals surface area contributed by atoms with Gasteiger partial charge in [-0.15, -0.1) is 0 Å². The maximum atomic E-state index is 11.5. The van der Waals surface area contributed by atoms with Crippen LogP contribution < -0.4 is 10.6 Å². The number of hydrogen-bond acceptors (Lipinski definition) is 6. The van der Waals surface area contributed by atoms with E-state index in [2.05, 4.69) is 15.4 Å². The summed E-state index contributed by atoms with van der Waals surface area (Å²) in [7, 11) is 1.20. The van der Waals surface area contributed by atoms with Crippen LogP contribution in [0.5, 0.6) is 0 Å². The van der Waals surface area contributed by atoms with Crippen LogP contribution in [0.25, 0.3) is 0 Å². The summed E-state index contributed by atoms with van der Waals surface area (Å²) < 4.78 is 4.58. The molecule has 1 saturated heterocycles. The van der Waals surface area contributed by atoms with Gasteiger partial charge in [0.15, 0.2) is 0 Å². The van der Waals surface area contributed by atoms with Gasteiger partial charge >= 0.3 is 5.97 Å². The smallest absolute Gasteiger partial charge is 0.329 e. The predicted molar refractivity (Wildman–Crippen MR) is 63.8 cm³/mol. The number of esters is 1. The summed E-state index contributed by atoms with van der Waals surface area (Å²) in [4.78, 5) is 46.9. The molecule has 19 heavy (non-hydrogen) atoms. The number of nitrogens with zero attached hydrogens (tertiary/aromatic N) is 1. The molecule has 106 valence electrons. The predicted octanol–water partition coefficient (Wildman–Crippen LogP) is -1.99. The van der Waals surface area contributed by atoms with Crippen molar-refractivity contribution in [3.63, 3.8) is 0 Å². The highest BCUT2D eigenvalue weighted by molar-refractivity contribution is 6.01. The molecule has 2 N–H and O–H groups in total. The lowest BCUT2D eigenvalue weighted by atomic mass is 10.1. The quantitative estimate of drug-likeness (QED) is 0.453. The van der Waals surface area contributed by atoms with Crippen LogP contribution in [-0.4, -0.2) is 60.9 Å². The lowest BCUT2D eigenvalue weighted by Gasteiger charge is -2.33. The van der Waals surface area contributed by atoms with E-state index in [1.807, 2.05) is 0 Å².